The molecule has 0 radical (unpaired) electrons. The van der Waals surface area contributed by atoms with Crippen molar-refractivity contribution in [2.24, 2.45) is 50.2 Å². The predicted molar refractivity (Wildman–Crippen MR) is 334 cm³/mol. The highest BCUT2D eigenvalue weighted by Crippen LogP contribution is 2.75. The lowest BCUT2D eigenvalue weighted by molar-refractivity contribution is -0.364. The molecule has 7 aliphatic rings. The van der Waals surface area contributed by atoms with Crippen molar-refractivity contribution in [3.63, 3.8) is 0 Å². The number of carboxylic acid groups (broad SMARTS) is 2. The van der Waals surface area contributed by atoms with Crippen LogP contribution < -0.4 is 0 Å². The average Bonchev–Trinajstić information content (AvgIpc) is 0.675. The number of hydrogen-bond donors (Lipinski definition) is 7. The van der Waals surface area contributed by atoms with E-state index in [2.05, 4.69) is 44.4 Å². The summed E-state index contributed by atoms with van der Waals surface area (Å²) in [6.07, 6.45) is -6.15. The van der Waals surface area contributed by atoms with E-state index in [1.54, 1.807) is 19.9 Å². The highest BCUT2D eigenvalue weighted by molar-refractivity contribution is 7.82. The Morgan fingerprint density at radius 1 is 0.510 bits per heavy atom. The zero-order valence-corrected chi connectivity index (χ0v) is 59.6. The highest BCUT2D eigenvalue weighted by Gasteiger charge is 2.71. The number of carbonyl (C=O) groups is 4. The van der Waals surface area contributed by atoms with Gasteiger partial charge >= 0.3 is 69.9 Å². The van der Waals surface area contributed by atoms with Gasteiger partial charge in [0.2, 0.25) is 0 Å². The second-order valence-electron chi connectivity index (χ2n) is 29.2. The van der Waals surface area contributed by atoms with E-state index < -0.39 is 170 Å². The van der Waals surface area contributed by atoms with Crippen LogP contribution in [0.1, 0.15) is 216 Å². The quantitative estimate of drug-likeness (QED) is 0.0138. The molecule has 0 aromatic rings. The monoisotopic (exact) mass is 1470 g/mol. The molecule has 554 valence electrons. The molecule has 7 rings (SSSR count). The third-order valence-corrected chi connectivity index (χ3v) is 24.8. The van der Waals surface area contributed by atoms with E-state index in [-0.39, 0.29) is 35.9 Å². The Morgan fingerprint density at radius 3 is 1.39 bits per heavy atom. The minimum absolute atomic E-state index is 0.0821. The van der Waals surface area contributed by atoms with E-state index in [0.29, 0.717) is 32.3 Å². The molecule has 7 N–H and O–H groups in total. The number of hydrogen-bond acceptors (Lipinski definition) is 24. The molecule has 0 aromatic heterocycles. The van der Waals surface area contributed by atoms with Gasteiger partial charge in [0.25, 0.3) is 0 Å². The standard InChI is InChI=1S/C60H98O31S5/c1-9-10-11-12-13-14-15-16-17-18-19-20-21-22-23-24-33-82-54(66)57(5)30-29-56(4)31-32-59(7)36(37(56)35-57)34-38(61)49-58(6)27-26-40(55(2,3)39(58)25-28-60(49,59)8)83-52-47(43(89-94(73,74)75)41(87-92(67,68)69)45(84-52)50(62)63)86-53-48(91-96(79,80)81)44(90-95(76,77)78)42(88-93(70,71)72)46(85-53)51(64)65/h34,37,39-49,52-53H,9-33,35H2,1-8H3,(H,62,63)(H,64,65)(H,67,68,69)(H,70,71,72)(H,73,74,75)(H,76,77,78)(H,79,80,81)/t37-,39-,40-,41-,42-,43-,44-,45-,46-,47+,48+,49+,52+,53-,56+,57-,58-,59+,60+/m0/s1. The van der Waals surface area contributed by atoms with Crippen molar-refractivity contribution in [1.29, 1.82) is 0 Å². The Morgan fingerprint density at radius 2 is 0.927 bits per heavy atom. The van der Waals surface area contributed by atoms with Crippen molar-refractivity contribution in [2.75, 3.05) is 6.61 Å². The van der Waals surface area contributed by atoms with Gasteiger partial charge in [0.15, 0.2) is 36.7 Å². The molecule has 6 fully saturated rings. The van der Waals surface area contributed by atoms with Gasteiger partial charge in [-0.15, -0.1) is 0 Å². The maximum atomic E-state index is 15.5. The Labute approximate surface area is 563 Å². The summed E-state index contributed by atoms with van der Waals surface area (Å²) >= 11 is 0. The first-order valence-electron chi connectivity index (χ1n) is 33.0. The molecular weight excluding hydrogens is 1380 g/mol. The number of carbonyl (C=O) groups excluding carboxylic acids is 2. The van der Waals surface area contributed by atoms with Gasteiger partial charge < -0.3 is 33.9 Å². The van der Waals surface area contributed by atoms with Gasteiger partial charge in [-0.1, -0.05) is 150 Å². The Hall–Kier alpha value is -2.99. The average molecular weight is 1480 g/mol. The van der Waals surface area contributed by atoms with Crippen LogP contribution in [0.15, 0.2) is 11.6 Å². The minimum atomic E-state index is -6.13. The van der Waals surface area contributed by atoms with Gasteiger partial charge in [0, 0.05) is 5.92 Å². The van der Waals surface area contributed by atoms with Crippen LogP contribution in [0.4, 0.5) is 0 Å². The van der Waals surface area contributed by atoms with E-state index in [1.807, 2.05) is 13.8 Å². The van der Waals surface area contributed by atoms with E-state index in [1.165, 1.54) is 77.0 Å². The van der Waals surface area contributed by atoms with Gasteiger partial charge in [-0.05, 0) is 116 Å². The number of unbranched alkanes of at least 4 members (excludes halogenated alkanes) is 15. The molecule has 2 saturated heterocycles. The van der Waals surface area contributed by atoms with Crippen LogP contribution in [0.2, 0.25) is 0 Å². The summed E-state index contributed by atoms with van der Waals surface area (Å²) in [7, 11) is -30.3. The van der Waals surface area contributed by atoms with E-state index in [4.69, 9.17) is 27.9 Å². The third kappa shape index (κ3) is 19.0. The number of rotatable bonds is 34. The second kappa shape index (κ2) is 30.9. The molecule has 31 nitrogen and oxygen atoms in total. The van der Waals surface area contributed by atoms with Gasteiger partial charge in [0.05, 0.1) is 18.1 Å². The van der Waals surface area contributed by atoms with Crippen molar-refractivity contribution < 1.29 is 139 Å². The van der Waals surface area contributed by atoms with Crippen molar-refractivity contribution in [1.82, 2.24) is 0 Å². The third-order valence-electron chi connectivity index (χ3n) is 22.5. The van der Waals surface area contributed by atoms with Crippen molar-refractivity contribution in [2.45, 2.75) is 283 Å². The minimum Gasteiger partial charge on any atom is -0.479 e. The normalized spacial score (nSPS) is 37.3. The van der Waals surface area contributed by atoms with Crippen LogP contribution in [0, 0.1) is 50.2 Å². The van der Waals surface area contributed by atoms with Crippen molar-refractivity contribution in [3.8, 4) is 0 Å². The first-order valence-corrected chi connectivity index (χ1v) is 39.8. The zero-order chi connectivity index (χ0) is 71.6. The number of ketones is 1. The number of fused-ring (bicyclic) bond motifs is 7. The first-order chi connectivity index (χ1) is 44.2. The molecule has 2 aliphatic heterocycles. The molecule has 0 spiro atoms. The number of aliphatic carboxylic acids is 2. The molecule has 4 saturated carbocycles. The van der Waals surface area contributed by atoms with Gasteiger partial charge in [-0.3, -0.25) is 32.4 Å². The summed E-state index contributed by atoms with van der Waals surface area (Å²) < 4.78 is 225. The van der Waals surface area contributed by atoms with Crippen LogP contribution in [-0.2, 0) is 116 Å². The number of allylic oxidation sites excluding steroid dienone is 2. The van der Waals surface area contributed by atoms with Gasteiger partial charge in [-0.2, -0.15) is 42.1 Å². The van der Waals surface area contributed by atoms with Crippen LogP contribution >= 0.6 is 0 Å². The maximum Gasteiger partial charge on any atom is 0.397 e. The van der Waals surface area contributed by atoms with Crippen LogP contribution in [-0.4, -0.2) is 173 Å². The Balaban J connectivity index is 1.13. The molecule has 0 bridgehead atoms. The lowest BCUT2D eigenvalue weighted by atomic mass is 9.33. The van der Waals surface area contributed by atoms with Crippen LogP contribution in [0.3, 0.4) is 0 Å². The highest BCUT2D eigenvalue weighted by atomic mass is 32.3. The first kappa shape index (κ1) is 80.3. The summed E-state index contributed by atoms with van der Waals surface area (Å²) in [4.78, 5) is 55.4. The number of ether oxygens (including phenoxy) is 5. The maximum absolute atomic E-state index is 15.5. The molecule has 0 aromatic carbocycles. The van der Waals surface area contributed by atoms with Crippen molar-refractivity contribution in [3.05, 3.63) is 11.6 Å². The molecule has 2 heterocycles. The summed E-state index contributed by atoms with van der Waals surface area (Å²) in [6, 6.07) is 0. The van der Waals surface area contributed by atoms with E-state index in [0.717, 1.165) is 50.5 Å². The fraction of sp³-hybridized carbons (Fsp3) is 0.900. The number of carboxylic acids is 2. The molecule has 36 heteroatoms. The second-order valence-corrected chi connectivity index (χ2v) is 34.5. The largest absolute Gasteiger partial charge is 0.479 e. The lowest BCUT2D eigenvalue weighted by Gasteiger charge is -2.70. The van der Waals surface area contributed by atoms with E-state index in [9.17, 15) is 89.4 Å². The molecule has 5 aliphatic carbocycles. The van der Waals surface area contributed by atoms with E-state index >= 15 is 4.79 Å². The topological polar surface area (TPSA) is 473 Å². The molecule has 96 heavy (non-hydrogen) atoms. The smallest absolute Gasteiger partial charge is 0.397 e. The molecule has 0 amide bonds. The van der Waals surface area contributed by atoms with Crippen molar-refractivity contribution >= 4 is 75.7 Å². The fourth-order valence-electron chi connectivity index (χ4n) is 17.5. The van der Waals surface area contributed by atoms with Gasteiger partial charge in [-0.25, -0.2) is 30.5 Å². The Bertz CT molecular complexity index is 3400. The lowest BCUT2D eigenvalue weighted by Crippen LogP contribution is -2.69. The zero-order valence-electron chi connectivity index (χ0n) is 55.5. The molecule has 0 unspecified atom stereocenters. The summed E-state index contributed by atoms with van der Waals surface area (Å²) in [5.41, 5.74) is -3.38. The summed E-state index contributed by atoms with van der Waals surface area (Å²) in [6.45, 7) is 16.5. The SMILES string of the molecule is CCCCCCCCCCCCCCCCCCOC(=O)[C@@]1(C)CC[C@]2(C)CC[C@]3(C)C(=CC(=O)[C@@H]4[C@@]5(C)CC[C@H](O[C@@H]6O[C@H](C(=O)O)[C@@H](OS(=O)(=O)O)[C@H](OS(=O)(=O)O)[C@H]6O[C@@H]6O[C@H](C(=O)O)[C@@H](OS(=O)(=O)O)[C@H](OS(=O)(=O)O)[C@H]6OS(=O)(=O)O)C(C)(C)[C@@H]5CC[C@]43C)[C@@H]2C1. The summed E-state index contributed by atoms with van der Waals surface area (Å²) in [5.74, 6) is -6.31. The fourth-order valence-corrected chi connectivity index (χ4v) is 20.0. The van der Waals surface area contributed by atoms with Gasteiger partial charge in [0.1, 0.15) is 30.5 Å². The Kier molecular flexibility index (Phi) is 25.9. The molecule has 19 atom stereocenters. The predicted octanol–water partition coefficient (Wildman–Crippen LogP) is 8.10. The molecular formula is C60H98O31S5. The summed E-state index contributed by atoms with van der Waals surface area (Å²) in [5, 5.41) is 20.7. The number of esters is 1. The van der Waals surface area contributed by atoms with Crippen LogP contribution in [0.5, 0.6) is 0 Å². The van der Waals surface area contributed by atoms with Crippen LogP contribution in [0.25, 0.3) is 0 Å².